The average Bonchev–Trinajstić information content (AvgIpc) is 3.53. The summed E-state index contributed by atoms with van der Waals surface area (Å²) in [6.07, 6.45) is -1.67. The van der Waals surface area contributed by atoms with E-state index in [9.17, 15) is 19.2 Å². The number of nitrogens with one attached hydrogen (secondary N) is 4. The maximum atomic E-state index is 13.1. The SMILES string of the molecule is Cc1cn([C@H]2C[C@H](NC(=O)OCC3c4ccccc4-c4ccccc43)[C@@H](CNC(=S)NC(=O)OCC(Cl)(Cl)Cl)O2)c(=O)[nH]c1=O. The van der Waals surface area contributed by atoms with E-state index in [1.54, 1.807) is 6.92 Å². The highest BCUT2D eigenvalue weighted by molar-refractivity contribution is 7.80. The molecule has 4 N–H and O–H groups in total. The number of H-pyrrole nitrogens is 1. The molecule has 12 nitrogen and oxygen atoms in total. The van der Waals surface area contributed by atoms with E-state index in [1.807, 2.05) is 48.5 Å². The van der Waals surface area contributed by atoms with E-state index in [1.165, 1.54) is 10.8 Å². The summed E-state index contributed by atoms with van der Waals surface area (Å²) >= 11 is 21.9. The van der Waals surface area contributed by atoms with Crippen LogP contribution < -0.4 is 27.2 Å². The predicted octanol–water partition coefficient (Wildman–Crippen LogP) is 4.01. The molecule has 2 heterocycles. The highest BCUT2D eigenvalue weighted by atomic mass is 35.6. The number of benzene rings is 2. The Bertz CT molecular complexity index is 1680. The van der Waals surface area contributed by atoms with Gasteiger partial charge >= 0.3 is 17.9 Å². The Balaban J connectivity index is 1.25. The largest absolute Gasteiger partial charge is 0.449 e. The molecule has 1 fully saturated rings. The molecule has 1 aliphatic carbocycles. The highest BCUT2D eigenvalue weighted by Gasteiger charge is 2.38. The molecule has 5 rings (SSSR count). The number of hydrogen-bond donors (Lipinski definition) is 4. The summed E-state index contributed by atoms with van der Waals surface area (Å²) in [5, 5.41) is 7.82. The number of thiocarbonyl (C=S) groups is 1. The molecule has 2 aliphatic rings. The van der Waals surface area contributed by atoms with Crippen LogP contribution >= 0.6 is 47.0 Å². The number of fused-ring (bicyclic) bond motifs is 3. The molecular weight excluding hydrogens is 669 g/mol. The van der Waals surface area contributed by atoms with Gasteiger partial charge in [-0.3, -0.25) is 19.7 Å². The number of alkyl halides is 3. The number of nitrogens with zero attached hydrogens (tertiary/aromatic N) is 1. The van der Waals surface area contributed by atoms with Gasteiger partial charge in [-0.2, -0.15) is 0 Å². The zero-order valence-electron chi connectivity index (χ0n) is 23.7. The Morgan fingerprint density at radius 2 is 1.69 bits per heavy atom. The number of aromatic nitrogens is 2. The van der Waals surface area contributed by atoms with Crippen molar-refractivity contribution in [3.05, 3.63) is 92.3 Å². The molecule has 0 saturated carbocycles. The molecule has 0 unspecified atom stereocenters. The molecule has 2 aromatic carbocycles. The predicted molar refractivity (Wildman–Crippen MR) is 172 cm³/mol. The Kier molecular flexibility index (Phi) is 10.0. The quantitative estimate of drug-likeness (QED) is 0.212. The monoisotopic (exact) mass is 695 g/mol. The molecule has 1 aromatic heterocycles. The first-order valence-electron chi connectivity index (χ1n) is 13.8. The van der Waals surface area contributed by atoms with Crippen molar-refractivity contribution in [2.24, 2.45) is 0 Å². The summed E-state index contributed by atoms with van der Waals surface area (Å²) in [5.41, 5.74) is 3.46. The van der Waals surface area contributed by atoms with E-state index in [0.717, 1.165) is 22.3 Å². The van der Waals surface area contributed by atoms with Gasteiger partial charge in [0, 0.05) is 30.6 Å². The van der Waals surface area contributed by atoms with Crippen LogP contribution in [0.3, 0.4) is 0 Å². The number of rotatable bonds is 7. The van der Waals surface area contributed by atoms with E-state index >= 15 is 0 Å². The Morgan fingerprint density at radius 3 is 2.33 bits per heavy atom. The molecule has 0 radical (unpaired) electrons. The van der Waals surface area contributed by atoms with Crippen molar-refractivity contribution in [3.8, 4) is 11.1 Å². The Labute approximate surface area is 277 Å². The molecule has 0 spiro atoms. The molecule has 1 saturated heterocycles. The van der Waals surface area contributed by atoms with E-state index in [4.69, 9.17) is 61.2 Å². The molecule has 3 atom stereocenters. The van der Waals surface area contributed by atoms with Gasteiger partial charge in [0.15, 0.2) is 5.11 Å². The first kappa shape index (κ1) is 32.8. The van der Waals surface area contributed by atoms with E-state index in [-0.39, 0.29) is 30.6 Å². The number of carbonyl (C=O) groups is 2. The van der Waals surface area contributed by atoms with Crippen molar-refractivity contribution in [1.82, 2.24) is 25.5 Å². The average molecular weight is 697 g/mol. The number of ether oxygens (including phenoxy) is 3. The number of halogens is 3. The molecule has 3 aromatic rings. The number of hydrogen-bond acceptors (Lipinski definition) is 8. The second-order valence-corrected chi connectivity index (χ2v) is 13.4. The number of alkyl carbamates (subject to hydrolysis) is 2. The van der Waals surface area contributed by atoms with Crippen molar-refractivity contribution >= 4 is 64.3 Å². The summed E-state index contributed by atoms with van der Waals surface area (Å²) in [6.45, 7) is 1.16. The van der Waals surface area contributed by atoms with E-state index in [2.05, 4.69) is 20.9 Å². The van der Waals surface area contributed by atoms with Gasteiger partial charge in [-0.1, -0.05) is 83.3 Å². The van der Waals surface area contributed by atoms with Gasteiger partial charge in [0.25, 0.3) is 5.56 Å². The number of aromatic amines is 1. The van der Waals surface area contributed by atoms with Gasteiger partial charge in [0.1, 0.15) is 19.4 Å². The van der Waals surface area contributed by atoms with Crippen LogP contribution in [-0.2, 0) is 14.2 Å². The maximum absolute atomic E-state index is 13.1. The highest BCUT2D eigenvalue weighted by Crippen LogP contribution is 2.44. The fourth-order valence-electron chi connectivity index (χ4n) is 5.35. The first-order valence-corrected chi connectivity index (χ1v) is 15.3. The van der Waals surface area contributed by atoms with Gasteiger partial charge in [0.05, 0.1) is 12.1 Å². The van der Waals surface area contributed by atoms with Crippen LogP contribution in [0, 0.1) is 6.92 Å². The summed E-state index contributed by atoms with van der Waals surface area (Å²) in [5.74, 6) is -0.138. The van der Waals surface area contributed by atoms with Crippen LogP contribution in [0.2, 0.25) is 0 Å². The molecule has 0 bridgehead atoms. The van der Waals surface area contributed by atoms with Crippen LogP contribution in [-0.4, -0.2) is 62.5 Å². The summed E-state index contributed by atoms with van der Waals surface area (Å²) < 4.78 is 16.1. The lowest BCUT2D eigenvalue weighted by Crippen LogP contribution is -2.48. The zero-order chi connectivity index (χ0) is 32.3. The fraction of sp³-hybridized carbons (Fsp3) is 0.345. The van der Waals surface area contributed by atoms with E-state index < -0.39 is 52.2 Å². The molecule has 45 heavy (non-hydrogen) atoms. The zero-order valence-corrected chi connectivity index (χ0v) is 26.8. The summed E-state index contributed by atoms with van der Waals surface area (Å²) in [7, 11) is 0. The van der Waals surface area contributed by atoms with Crippen LogP contribution in [0.1, 0.15) is 35.3 Å². The molecular formula is C29H28Cl3N5O7S. The smallest absolute Gasteiger partial charge is 0.413 e. The number of aryl methyl sites for hydroxylation is 1. The topological polar surface area (TPSA) is 153 Å². The number of amides is 2. The number of carbonyl (C=O) groups excluding carboxylic acids is 2. The van der Waals surface area contributed by atoms with Gasteiger partial charge < -0.3 is 24.8 Å². The van der Waals surface area contributed by atoms with Crippen molar-refractivity contribution in [3.63, 3.8) is 0 Å². The first-order chi connectivity index (χ1) is 21.4. The van der Waals surface area contributed by atoms with Crippen molar-refractivity contribution in [2.75, 3.05) is 19.8 Å². The summed E-state index contributed by atoms with van der Waals surface area (Å²) in [6, 6.07) is 15.3. The van der Waals surface area contributed by atoms with Gasteiger partial charge in [-0.05, 0) is 41.4 Å². The van der Waals surface area contributed by atoms with Crippen LogP contribution in [0.25, 0.3) is 11.1 Å². The van der Waals surface area contributed by atoms with Gasteiger partial charge in [-0.25, -0.2) is 14.4 Å². The molecule has 1 aliphatic heterocycles. The summed E-state index contributed by atoms with van der Waals surface area (Å²) in [4.78, 5) is 51.8. The normalized spacial score (nSPS) is 18.9. The molecule has 238 valence electrons. The van der Waals surface area contributed by atoms with Crippen molar-refractivity contribution in [2.45, 2.75) is 41.4 Å². The van der Waals surface area contributed by atoms with Crippen LogP contribution in [0.5, 0.6) is 0 Å². The third-order valence-corrected chi connectivity index (χ3v) is 7.96. The van der Waals surface area contributed by atoms with Crippen molar-refractivity contribution in [1.29, 1.82) is 0 Å². The lowest BCUT2D eigenvalue weighted by atomic mass is 9.98. The Hall–Kier alpha value is -3.62. The maximum Gasteiger partial charge on any atom is 0.413 e. The van der Waals surface area contributed by atoms with Crippen molar-refractivity contribution < 1.29 is 23.8 Å². The van der Waals surface area contributed by atoms with Crippen LogP contribution in [0.4, 0.5) is 9.59 Å². The van der Waals surface area contributed by atoms with Gasteiger partial charge in [0.2, 0.25) is 3.79 Å². The van der Waals surface area contributed by atoms with Crippen LogP contribution in [0.15, 0.2) is 64.3 Å². The minimum Gasteiger partial charge on any atom is -0.449 e. The lowest BCUT2D eigenvalue weighted by molar-refractivity contribution is -0.00202. The minimum atomic E-state index is -1.80. The standard InChI is InChI=1S/C29H28Cl3N5O7S/c1-15-12-37(26(39)35-24(15)38)23-10-21(22(44-23)11-33-25(45)36-28(41)43-14-29(30,31)32)34-27(40)42-13-20-18-8-4-2-6-16(18)17-7-3-5-9-19(17)20/h2-9,12,20-23H,10-11,13-14H2,1H3,(H,34,40)(H,35,38,39)(H2,33,36,41,45)/t21-,22+,23+/m0/s1. The molecule has 2 amide bonds. The second-order valence-electron chi connectivity index (χ2n) is 10.4. The molecule has 16 heteroatoms. The lowest BCUT2D eigenvalue weighted by Gasteiger charge is -2.21. The minimum absolute atomic E-state index is 0.00543. The van der Waals surface area contributed by atoms with Gasteiger partial charge in [-0.15, -0.1) is 0 Å². The fourth-order valence-corrected chi connectivity index (χ4v) is 5.68. The second kappa shape index (κ2) is 13.8. The van der Waals surface area contributed by atoms with E-state index in [0.29, 0.717) is 5.56 Å². The Morgan fingerprint density at radius 1 is 1.04 bits per heavy atom. The third-order valence-electron chi connectivity index (χ3n) is 7.39. The third kappa shape index (κ3) is 7.97.